The Balaban J connectivity index is 1.38. The van der Waals surface area contributed by atoms with E-state index in [9.17, 15) is 9.59 Å². The van der Waals surface area contributed by atoms with Gasteiger partial charge in [0, 0.05) is 25.6 Å². The smallest absolute Gasteiger partial charge is 0.255 e. The lowest BCUT2D eigenvalue weighted by Crippen LogP contribution is -2.47. The van der Waals surface area contributed by atoms with Crippen molar-refractivity contribution in [3.8, 4) is 0 Å². The molecule has 28 heavy (non-hydrogen) atoms. The fourth-order valence-electron chi connectivity index (χ4n) is 4.67. The Morgan fingerprint density at radius 2 is 1.86 bits per heavy atom. The lowest BCUT2D eigenvalue weighted by atomic mass is 9.76. The molecule has 0 radical (unpaired) electrons. The van der Waals surface area contributed by atoms with E-state index in [0.29, 0.717) is 31.8 Å². The first kappa shape index (κ1) is 19.2. The lowest BCUT2D eigenvalue weighted by molar-refractivity contribution is -0.140. The van der Waals surface area contributed by atoms with Gasteiger partial charge in [0.15, 0.2) is 0 Å². The molecule has 2 saturated carbocycles. The van der Waals surface area contributed by atoms with Crippen LogP contribution in [0.3, 0.4) is 0 Å². The van der Waals surface area contributed by atoms with Gasteiger partial charge in [-0.2, -0.15) is 0 Å². The zero-order chi connectivity index (χ0) is 19.7. The van der Waals surface area contributed by atoms with Crippen LogP contribution in [-0.2, 0) is 16.1 Å². The highest BCUT2D eigenvalue weighted by Crippen LogP contribution is 2.41. The van der Waals surface area contributed by atoms with Gasteiger partial charge in [0.2, 0.25) is 5.91 Å². The molecule has 2 amide bonds. The summed E-state index contributed by atoms with van der Waals surface area (Å²) >= 11 is 0. The quantitative estimate of drug-likeness (QED) is 0.755. The maximum Gasteiger partial charge on any atom is 0.255 e. The molecule has 1 aliphatic heterocycles. The molecule has 1 heterocycles. The Kier molecular flexibility index (Phi) is 5.26. The molecule has 4 rings (SSSR count). The molecule has 150 valence electrons. The van der Waals surface area contributed by atoms with Gasteiger partial charge >= 0.3 is 0 Å². The van der Waals surface area contributed by atoms with Crippen LogP contribution in [0.15, 0.2) is 35.3 Å². The zero-order valence-corrected chi connectivity index (χ0v) is 17.1. The van der Waals surface area contributed by atoms with E-state index in [4.69, 9.17) is 4.99 Å². The second kappa shape index (κ2) is 7.69. The first-order valence-electron chi connectivity index (χ1n) is 10.7. The molecule has 0 atom stereocenters. The molecule has 2 fully saturated rings. The van der Waals surface area contributed by atoms with E-state index in [1.165, 1.54) is 12.8 Å². The van der Waals surface area contributed by atoms with E-state index in [1.54, 1.807) is 0 Å². The topological polar surface area (TPSA) is 53.0 Å². The molecule has 0 unspecified atom stereocenters. The number of benzene rings is 1. The van der Waals surface area contributed by atoms with Crippen LogP contribution in [0.4, 0.5) is 0 Å². The van der Waals surface area contributed by atoms with E-state index < -0.39 is 5.54 Å². The molecule has 0 aromatic heterocycles. The third-order valence-electron chi connectivity index (χ3n) is 6.62. The molecule has 0 saturated heterocycles. The zero-order valence-electron chi connectivity index (χ0n) is 17.1. The Morgan fingerprint density at radius 1 is 1.18 bits per heavy atom. The summed E-state index contributed by atoms with van der Waals surface area (Å²) in [6.45, 7) is 6.20. The molecule has 1 aromatic carbocycles. The van der Waals surface area contributed by atoms with Gasteiger partial charge < -0.3 is 4.90 Å². The SMILES string of the molecule is CCN(Cc1ccccc1)C(=O)C1CCC2(CC1)N=C(C)N(CC1CC1)C2=O. The standard InChI is InChI=1S/C23H31N3O2/c1-3-25(15-18-7-5-4-6-8-18)21(27)20-11-13-23(14-12-20)22(28)26(17(2)24-23)16-19-9-10-19/h4-8,19-20H,3,9-16H2,1-2H3. The third kappa shape index (κ3) is 3.71. The average molecular weight is 382 g/mol. The van der Waals surface area contributed by atoms with Crippen LogP contribution in [0.25, 0.3) is 0 Å². The van der Waals surface area contributed by atoms with Gasteiger partial charge in [-0.25, -0.2) is 0 Å². The van der Waals surface area contributed by atoms with Crippen LogP contribution >= 0.6 is 0 Å². The van der Waals surface area contributed by atoms with Crippen molar-refractivity contribution in [3.05, 3.63) is 35.9 Å². The predicted molar refractivity (Wildman–Crippen MR) is 110 cm³/mol. The van der Waals surface area contributed by atoms with Gasteiger partial charge in [0.1, 0.15) is 11.4 Å². The maximum atomic E-state index is 13.1. The number of carbonyl (C=O) groups is 2. The minimum Gasteiger partial charge on any atom is -0.338 e. The average Bonchev–Trinajstić information content (AvgIpc) is 3.51. The second-order valence-electron chi connectivity index (χ2n) is 8.66. The molecule has 1 spiro atoms. The molecule has 1 aromatic rings. The molecule has 3 aliphatic rings. The summed E-state index contributed by atoms with van der Waals surface area (Å²) in [5.41, 5.74) is 0.568. The Bertz CT molecular complexity index is 761. The van der Waals surface area contributed by atoms with Gasteiger partial charge in [-0.05, 0) is 63.9 Å². The highest BCUT2D eigenvalue weighted by atomic mass is 16.2. The van der Waals surface area contributed by atoms with E-state index >= 15 is 0 Å². The van der Waals surface area contributed by atoms with E-state index in [-0.39, 0.29) is 17.7 Å². The number of amides is 2. The van der Waals surface area contributed by atoms with Crippen molar-refractivity contribution in [1.29, 1.82) is 0 Å². The summed E-state index contributed by atoms with van der Waals surface area (Å²) in [7, 11) is 0. The fraction of sp³-hybridized carbons (Fsp3) is 0.609. The Hall–Kier alpha value is -2.17. The number of rotatable bonds is 6. The van der Waals surface area contributed by atoms with Crippen molar-refractivity contribution in [2.75, 3.05) is 13.1 Å². The number of aliphatic imine (C=N–C) groups is 1. The number of amidine groups is 1. The van der Waals surface area contributed by atoms with Crippen LogP contribution in [0.2, 0.25) is 0 Å². The Morgan fingerprint density at radius 3 is 2.46 bits per heavy atom. The lowest BCUT2D eigenvalue weighted by Gasteiger charge is -2.35. The van der Waals surface area contributed by atoms with Gasteiger partial charge in [-0.3, -0.25) is 19.5 Å². The predicted octanol–water partition coefficient (Wildman–Crippen LogP) is 3.63. The van der Waals surface area contributed by atoms with Gasteiger partial charge in [0.25, 0.3) is 5.91 Å². The summed E-state index contributed by atoms with van der Waals surface area (Å²) in [4.78, 5) is 34.8. The van der Waals surface area contributed by atoms with Crippen LogP contribution < -0.4 is 0 Å². The highest BCUT2D eigenvalue weighted by molar-refractivity contribution is 6.07. The number of hydrogen-bond acceptors (Lipinski definition) is 3. The minimum atomic E-state index is -0.591. The molecular weight excluding hydrogens is 350 g/mol. The summed E-state index contributed by atoms with van der Waals surface area (Å²) in [5.74, 6) is 1.95. The third-order valence-corrected chi connectivity index (χ3v) is 6.62. The van der Waals surface area contributed by atoms with Crippen LogP contribution in [0, 0.1) is 11.8 Å². The molecular formula is C23H31N3O2. The summed E-state index contributed by atoms with van der Waals surface area (Å²) < 4.78 is 0. The summed E-state index contributed by atoms with van der Waals surface area (Å²) in [5, 5.41) is 0. The molecule has 0 bridgehead atoms. The number of hydrogen-bond donors (Lipinski definition) is 0. The van der Waals surface area contributed by atoms with Crippen LogP contribution in [0.1, 0.15) is 57.9 Å². The summed E-state index contributed by atoms with van der Waals surface area (Å²) in [6, 6.07) is 10.1. The molecule has 0 N–H and O–H groups in total. The monoisotopic (exact) mass is 381 g/mol. The Labute approximate surface area is 167 Å². The van der Waals surface area contributed by atoms with Crippen molar-refractivity contribution in [2.45, 2.75) is 64.5 Å². The number of nitrogens with zero attached hydrogens (tertiary/aromatic N) is 3. The molecule has 2 aliphatic carbocycles. The minimum absolute atomic E-state index is 0.00933. The van der Waals surface area contributed by atoms with Gasteiger partial charge in [-0.1, -0.05) is 30.3 Å². The van der Waals surface area contributed by atoms with Crippen molar-refractivity contribution in [3.63, 3.8) is 0 Å². The largest absolute Gasteiger partial charge is 0.338 e. The highest BCUT2D eigenvalue weighted by Gasteiger charge is 2.50. The van der Waals surface area contributed by atoms with Crippen molar-refractivity contribution >= 4 is 17.6 Å². The van der Waals surface area contributed by atoms with Crippen LogP contribution in [-0.4, -0.2) is 46.1 Å². The second-order valence-corrected chi connectivity index (χ2v) is 8.66. The van der Waals surface area contributed by atoms with E-state index in [1.807, 2.05) is 41.8 Å². The first-order valence-corrected chi connectivity index (χ1v) is 10.7. The van der Waals surface area contributed by atoms with Crippen molar-refractivity contribution in [2.24, 2.45) is 16.8 Å². The fourth-order valence-corrected chi connectivity index (χ4v) is 4.67. The number of carbonyl (C=O) groups excluding carboxylic acids is 2. The van der Waals surface area contributed by atoms with E-state index in [2.05, 4.69) is 12.1 Å². The van der Waals surface area contributed by atoms with Crippen molar-refractivity contribution in [1.82, 2.24) is 9.80 Å². The van der Waals surface area contributed by atoms with Gasteiger partial charge in [-0.15, -0.1) is 0 Å². The van der Waals surface area contributed by atoms with Crippen molar-refractivity contribution < 1.29 is 9.59 Å². The van der Waals surface area contributed by atoms with Gasteiger partial charge in [0.05, 0.1) is 0 Å². The van der Waals surface area contributed by atoms with E-state index in [0.717, 1.165) is 30.8 Å². The van der Waals surface area contributed by atoms with Crippen LogP contribution in [0.5, 0.6) is 0 Å². The summed E-state index contributed by atoms with van der Waals surface area (Å²) in [6.07, 6.45) is 5.37. The normalized spacial score (nSPS) is 27.2. The molecule has 5 heteroatoms. The first-order chi connectivity index (χ1) is 13.5. The molecule has 5 nitrogen and oxygen atoms in total. The maximum absolute atomic E-state index is 13.1.